The Hall–Kier alpha value is -1.35. The zero-order valence-corrected chi connectivity index (χ0v) is 12.2. The molecule has 0 aliphatic carbocycles. The van der Waals surface area contributed by atoms with Crippen LogP contribution in [0.15, 0.2) is 54.6 Å². The summed E-state index contributed by atoms with van der Waals surface area (Å²) in [6.07, 6.45) is 0.895. The van der Waals surface area contributed by atoms with Gasteiger partial charge in [-0.2, -0.15) is 0 Å². The van der Waals surface area contributed by atoms with E-state index in [1.165, 1.54) is 11.1 Å². The van der Waals surface area contributed by atoms with Crippen molar-refractivity contribution in [2.45, 2.75) is 13.0 Å². The summed E-state index contributed by atoms with van der Waals surface area (Å²) in [7, 11) is 0. The van der Waals surface area contributed by atoms with Crippen molar-refractivity contribution < 1.29 is 4.74 Å². The molecule has 106 valence electrons. The van der Waals surface area contributed by atoms with Crippen LogP contribution in [0, 0.1) is 5.92 Å². The monoisotopic (exact) mass is 289 g/mol. The van der Waals surface area contributed by atoms with Gasteiger partial charge >= 0.3 is 0 Å². The van der Waals surface area contributed by atoms with Gasteiger partial charge in [0.25, 0.3) is 0 Å². The minimum absolute atomic E-state index is 0.317. The first-order valence-electron chi connectivity index (χ1n) is 6.84. The third-order valence-electron chi connectivity index (χ3n) is 3.21. The molecule has 2 N–H and O–H groups in total. The van der Waals surface area contributed by atoms with Crippen molar-refractivity contribution in [3.8, 4) is 0 Å². The maximum Gasteiger partial charge on any atom is 0.0717 e. The Labute approximate surface area is 125 Å². The number of ether oxygens (including phenoxy) is 1. The van der Waals surface area contributed by atoms with E-state index < -0.39 is 0 Å². The van der Waals surface area contributed by atoms with E-state index in [4.69, 9.17) is 22.1 Å². The molecule has 0 aliphatic heterocycles. The van der Waals surface area contributed by atoms with Crippen molar-refractivity contribution in [2.75, 3.05) is 13.2 Å². The van der Waals surface area contributed by atoms with E-state index in [1.807, 2.05) is 36.4 Å². The first-order valence-corrected chi connectivity index (χ1v) is 7.22. The number of benzene rings is 2. The molecule has 1 atom stereocenters. The Morgan fingerprint density at radius 1 is 1.00 bits per heavy atom. The minimum Gasteiger partial charge on any atom is -0.376 e. The Balaban J connectivity index is 1.80. The lowest BCUT2D eigenvalue weighted by molar-refractivity contribution is 0.0892. The van der Waals surface area contributed by atoms with Crippen LogP contribution in [-0.4, -0.2) is 13.2 Å². The molecule has 0 radical (unpaired) electrons. The zero-order valence-electron chi connectivity index (χ0n) is 11.5. The number of hydrogen-bond donors (Lipinski definition) is 1. The molecule has 0 aromatic heterocycles. The SMILES string of the molecule is NCC(COCc1ccccc1)Cc1cccc(Cl)c1. The average molecular weight is 290 g/mol. The van der Waals surface area contributed by atoms with Gasteiger partial charge in [0.15, 0.2) is 0 Å². The third kappa shape index (κ3) is 4.97. The van der Waals surface area contributed by atoms with Gasteiger partial charge in [-0.3, -0.25) is 0 Å². The van der Waals surface area contributed by atoms with Crippen LogP contribution in [0.5, 0.6) is 0 Å². The second kappa shape index (κ2) is 8.05. The van der Waals surface area contributed by atoms with Crippen LogP contribution in [-0.2, 0) is 17.8 Å². The smallest absolute Gasteiger partial charge is 0.0717 e. The molecule has 0 aliphatic rings. The van der Waals surface area contributed by atoms with Crippen molar-refractivity contribution in [2.24, 2.45) is 11.7 Å². The summed E-state index contributed by atoms with van der Waals surface area (Å²) < 4.78 is 5.76. The molecule has 2 aromatic rings. The summed E-state index contributed by atoms with van der Waals surface area (Å²) >= 11 is 5.99. The lowest BCUT2D eigenvalue weighted by Gasteiger charge is -2.15. The second-order valence-electron chi connectivity index (χ2n) is 4.94. The standard InChI is InChI=1S/C17H20ClNO/c18-17-8-4-7-15(10-17)9-16(11-19)13-20-12-14-5-2-1-3-6-14/h1-8,10,16H,9,11-13,19H2. The number of nitrogens with two attached hydrogens (primary N) is 1. The third-order valence-corrected chi connectivity index (χ3v) is 3.45. The number of halogens is 1. The van der Waals surface area contributed by atoms with E-state index in [2.05, 4.69) is 18.2 Å². The molecule has 2 aromatic carbocycles. The van der Waals surface area contributed by atoms with Crippen LogP contribution in [0.2, 0.25) is 5.02 Å². The van der Waals surface area contributed by atoms with Crippen molar-refractivity contribution in [1.29, 1.82) is 0 Å². The van der Waals surface area contributed by atoms with E-state index in [0.717, 1.165) is 11.4 Å². The second-order valence-corrected chi connectivity index (χ2v) is 5.37. The maximum atomic E-state index is 5.99. The van der Waals surface area contributed by atoms with E-state index in [-0.39, 0.29) is 0 Å². The highest BCUT2D eigenvalue weighted by atomic mass is 35.5. The van der Waals surface area contributed by atoms with Crippen molar-refractivity contribution in [1.82, 2.24) is 0 Å². The molecule has 1 unspecified atom stereocenters. The zero-order chi connectivity index (χ0) is 14.2. The first-order chi connectivity index (χ1) is 9.78. The minimum atomic E-state index is 0.317. The summed E-state index contributed by atoms with van der Waals surface area (Å²) in [5.41, 5.74) is 8.22. The average Bonchev–Trinajstić information content (AvgIpc) is 2.47. The van der Waals surface area contributed by atoms with Gasteiger partial charge in [-0.1, -0.05) is 54.1 Å². The van der Waals surface area contributed by atoms with Crippen LogP contribution in [0.25, 0.3) is 0 Å². The fourth-order valence-corrected chi connectivity index (χ4v) is 2.34. The quantitative estimate of drug-likeness (QED) is 0.844. The van der Waals surface area contributed by atoms with Crippen LogP contribution in [0.4, 0.5) is 0 Å². The van der Waals surface area contributed by atoms with Gasteiger partial charge in [-0.15, -0.1) is 0 Å². The molecular weight excluding hydrogens is 270 g/mol. The summed E-state index contributed by atoms with van der Waals surface area (Å²) in [4.78, 5) is 0. The molecule has 20 heavy (non-hydrogen) atoms. The fraction of sp³-hybridized carbons (Fsp3) is 0.294. The van der Waals surface area contributed by atoms with Gasteiger partial charge in [-0.05, 0) is 42.1 Å². The normalized spacial score (nSPS) is 12.3. The van der Waals surface area contributed by atoms with Crippen molar-refractivity contribution in [3.05, 3.63) is 70.7 Å². The molecule has 0 saturated heterocycles. The van der Waals surface area contributed by atoms with Crippen LogP contribution in [0.3, 0.4) is 0 Å². The molecule has 0 amide bonds. The van der Waals surface area contributed by atoms with E-state index in [9.17, 15) is 0 Å². The molecule has 0 fully saturated rings. The van der Waals surface area contributed by atoms with Gasteiger partial charge in [0, 0.05) is 5.02 Å². The summed E-state index contributed by atoms with van der Waals surface area (Å²) in [5, 5.41) is 0.767. The number of hydrogen-bond acceptors (Lipinski definition) is 2. The molecule has 0 saturated carbocycles. The van der Waals surface area contributed by atoms with E-state index in [1.54, 1.807) is 0 Å². The first kappa shape index (κ1) is 15.0. The highest BCUT2D eigenvalue weighted by Crippen LogP contribution is 2.15. The van der Waals surface area contributed by atoms with Crippen molar-refractivity contribution >= 4 is 11.6 Å². The van der Waals surface area contributed by atoms with Gasteiger partial charge in [-0.25, -0.2) is 0 Å². The lowest BCUT2D eigenvalue weighted by Crippen LogP contribution is -2.22. The lowest BCUT2D eigenvalue weighted by atomic mass is 10.0. The molecule has 2 rings (SSSR count). The molecule has 0 heterocycles. The number of rotatable bonds is 7. The summed E-state index contributed by atoms with van der Waals surface area (Å²) in [6.45, 7) is 1.91. The largest absolute Gasteiger partial charge is 0.376 e. The molecule has 0 spiro atoms. The predicted molar refractivity (Wildman–Crippen MR) is 83.8 cm³/mol. The van der Waals surface area contributed by atoms with Gasteiger partial charge in [0.05, 0.1) is 13.2 Å². The Morgan fingerprint density at radius 3 is 2.45 bits per heavy atom. The van der Waals surface area contributed by atoms with Gasteiger partial charge < -0.3 is 10.5 Å². The topological polar surface area (TPSA) is 35.2 Å². The highest BCUT2D eigenvalue weighted by Gasteiger charge is 2.08. The summed E-state index contributed by atoms with van der Waals surface area (Å²) in [5.74, 6) is 0.317. The highest BCUT2D eigenvalue weighted by molar-refractivity contribution is 6.30. The molecule has 2 nitrogen and oxygen atoms in total. The van der Waals surface area contributed by atoms with Crippen LogP contribution < -0.4 is 5.73 Å². The Bertz CT molecular complexity index is 515. The Kier molecular flexibility index (Phi) is 6.06. The van der Waals surface area contributed by atoms with Crippen LogP contribution in [0.1, 0.15) is 11.1 Å². The molecule has 3 heteroatoms. The Morgan fingerprint density at radius 2 is 1.75 bits per heavy atom. The predicted octanol–water partition coefficient (Wildman–Crippen LogP) is 3.67. The fourth-order valence-electron chi connectivity index (χ4n) is 2.13. The molecule has 0 bridgehead atoms. The summed E-state index contributed by atoms with van der Waals surface area (Å²) in [6, 6.07) is 18.1. The van der Waals surface area contributed by atoms with Gasteiger partial charge in [0.2, 0.25) is 0 Å². The van der Waals surface area contributed by atoms with Crippen LogP contribution >= 0.6 is 11.6 Å². The maximum absolute atomic E-state index is 5.99. The van der Waals surface area contributed by atoms with Gasteiger partial charge in [0.1, 0.15) is 0 Å². The van der Waals surface area contributed by atoms with E-state index >= 15 is 0 Å². The molecular formula is C17H20ClNO. The van der Waals surface area contributed by atoms with Crippen molar-refractivity contribution in [3.63, 3.8) is 0 Å². The van der Waals surface area contributed by atoms with E-state index in [0.29, 0.717) is 25.7 Å².